The zero-order chi connectivity index (χ0) is 11.8. The molecule has 1 saturated carbocycles. The Morgan fingerprint density at radius 3 is 2.62 bits per heavy atom. The summed E-state index contributed by atoms with van der Waals surface area (Å²) in [6, 6.07) is 5.62. The third-order valence-corrected chi connectivity index (χ3v) is 3.91. The van der Waals surface area contributed by atoms with Crippen LogP contribution in [-0.2, 0) is 10.2 Å². The molecule has 3 nitrogen and oxygen atoms in total. The number of rotatable bonds is 4. The van der Waals surface area contributed by atoms with E-state index >= 15 is 0 Å². The fraction of sp³-hybridized carbons (Fsp3) is 0.417. The average Bonchev–Trinajstić information content (AvgIpc) is 3.09. The molecule has 0 unspecified atom stereocenters. The number of aliphatic carboxylic acids is 1. The average molecular weight is 238 g/mol. The molecule has 0 saturated heterocycles. The van der Waals surface area contributed by atoms with Crippen molar-refractivity contribution in [3.05, 3.63) is 23.8 Å². The van der Waals surface area contributed by atoms with Crippen LogP contribution in [0.2, 0.25) is 0 Å². The van der Waals surface area contributed by atoms with Gasteiger partial charge in [-0.3, -0.25) is 4.79 Å². The van der Waals surface area contributed by atoms with E-state index in [4.69, 9.17) is 4.74 Å². The fourth-order valence-electron chi connectivity index (χ4n) is 1.99. The molecule has 0 radical (unpaired) electrons. The van der Waals surface area contributed by atoms with Gasteiger partial charge in [0.05, 0.1) is 17.4 Å². The molecule has 0 heterocycles. The van der Waals surface area contributed by atoms with E-state index in [-0.39, 0.29) is 0 Å². The van der Waals surface area contributed by atoms with Crippen molar-refractivity contribution in [2.24, 2.45) is 0 Å². The van der Waals surface area contributed by atoms with Crippen molar-refractivity contribution in [3.63, 3.8) is 0 Å². The largest absolute Gasteiger partial charge is 0.496 e. The fourth-order valence-corrected chi connectivity index (χ4v) is 2.82. The molecule has 1 aromatic rings. The molecule has 0 spiro atoms. The van der Waals surface area contributed by atoms with Crippen LogP contribution in [0.1, 0.15) is 18.4 Å². The van der Waals surface area contributed by atoms with Gasteiger partial charge in [0, 0.05) is 0 Å². The van der Waals surface area contributed by atoms with Crippen LogP contribution in [0.25, 0.3) is 0 Å². The number of carboxylic acid groups (broad SMARTS) is 1. The molecule has 1 aromatic carbocycles. The lowest BCUT2D eigenvalue weighted by Crippen LogP contribution is -2.20. The maximum Gasteiger partial charge on any atom is 0.314 e. The minimum absolute atomic E-state index is 0.660. The van der Waals surface area contributed by atoms with Gasteiger partial charge in [0.25, 0.3) is 0 Å². The number of hydrogen-bond donors (Lipinski definition) is 1. The van der Waals surface area contributed by atoms with Crippen LogP contribution in [0.15, 0.2) is 23.1 Å². The van der Waals surface area contributed by atoms with Gasteiger partial charge in [-0.05, 0) is 30.7 Å². The van der Waals surface area contributed by atoms with Gasteiger partial charge in [-0.15, -0.1) is 11.8 Å². The van der Waals surface area contributed by atoms with Crippen molar-refractivity contribution < 1.29 is 14.6 Å². The molecular formula is C12H14O3S. The number of carbonyl (C=O) groups is 1. The Labute approximate surface area is 98.8 Å². The maximum atomic E-state index is 11.3. The van der Waals surface area contributed by atoms with Crippen LogP contribution in [-0.4, -0.2) is 24.4 Å². The number of hydrogen-bond acceptors (Lipinski definition) is 3. The van der Waals surface area contributed by atoms with Crippen LogP contribution in [0.5, 0.6) is 5.75 Å². The molecule has 0 atom stereocenters. The van der Waals surface area contributed by atoms with Crippen LogP contribution in [0.4, 0.5) is 0 Å². The quantitative estimate of drug-likeness (QED) is 0.819. The van der Waals surface area contributed by atoms with Crippen LogP contribution < -0.4 is 4.74 Å². The zero-order valence-corrected chi connectivity index (χ0v) is 10.1. The number of ether oxygens (including phenoxy) is 1. The highest BCUT2D eigenvalue weighted by atomic mass is 32.2. The number of methoxy groups -OCH3 is 1. The van der Waals surface area contributed by atoms with E-state index in [1.807, 2.05) is 24.5 Å². The highest BCUT2D eigenvalue weighted by Crippen LogP contribution is 2.52. The lowest BCUT2D eigenvalue weighted by Gasteiger charge is -2.16. The molecule has 16 heavy (non-hydrogen) atoms. The molecule has 1 fully saturated rings. The number of thioether (sulfide) groups is 1. The molecule has 4 heteroatoms. The Morgan fingerprint density at radius 1 is 1.50 bits per heavy atom. The SMILES string of the molecule is COc1cccc(C2(C(=O)O)CC2)c1SC. The molecule has 2 rings (SSSR count). The summed E-state index contributed by atoms with van der Waals surface area (Å²) < 4.78 is 5.27. The molecule has 1 aliphatic rings. The maximum absolute atomic E-state index is 11.3. The highest BCUT2D eigenvalue weighted by Gasteiger charge is 2.53. The lowest BCUT2D eigenvalue weighted by atomic mass is 9.96. The summed E-state index contributed by atoms with van der Waals surface area (Å²) in [5.74, 6) is 0.0357. The molecule has 0 bridgehead atoms. The van der Waals surface area contributed by atoms with Crippen molar-refractivity contribution in [2.45, 2.75) is 23.2 Å². The van der Waals surface area contributed by atoms with Crippen molar-refractivity contribution in [3.8, 4) is 5.75 Å². The molecular weight excluding hydrogens is 224 g/mol. The summed E-state index contributed by atoms with van der Waals surface area (Å²) >= 11 is 1.54. The summed E-state index contributed by atoms with van der Waals surface area (Å²) in [4.78, 5) is 12.3. The van der Waals surface area contributed by atoms with Gasteiger partial charge in [0.2, 0.25) is 0 Å². The first-order valence-electron chi connectivity index (χ1n) is 5.10. The van der Waals surface area contributed by atoms with E-state index in [1.54, 1.807) is 18.9 Å². The third kappa shape index (κ3) is 1.57. The highest BCUT2D eigenvalue weighted by molar-refractivity contribution is 7.98. The molecule has 0 aromatic heterocycles. The van der Waals surface area contributed by atoms with Crippen molar-refractivity contribution >= 4 is 17.7 Å². The topological polar surface area (TPSA) is 46.5 Å². The summed E-state index contributed by atoms with van der Waals surface area (Å²) in [6.07, 6.45) is 3.39. The molecule has 0 amide bonds. The lowest BCUT2D eigenvalue weighted by molar-refractivity contribution is -0.140. The predicted octanol–water partition coefficient (Wildman–Crippen LogP) is 2.53. The van der Waals surface area contributed by atoms with E-state index in [0.29, 0.717) is 0 Å². The Morgan fingerprint density at radius 2 is 2.19 bits per heavy atom. The summed E-state index contributed by atoms with van der Waals surface area (Å²) in [5, 5.41) is 9.29. The second kappa shape index (κ2) is 4.01. The van der Waals surface area contributed by atoms with Gasteiger partial charge in [-0.1, -0.05) is 12.1 Å². The Bertz CT molecular complexity index is 424. The Kier molecular flexibility index (Phi) is 2.84. The predicted molar refractivity (Wildman–Crippen MR) is 63.3 cm³/mol. The molecule has 1 aliphatic carbocycles. The molecule has 1 N–H and O–H groups in total. The number of benzene rings is 1. The summed E-state index contributed by atoms with van der Waals surface area (Å²) in [6.45, 7) is 0. The smallest absolute Gasteiger partial charge is 0.314 e. The minimum Gasteiger partial charge on any atom is -0.496 e. The van der Waals surface area contributed by atoms with Crippen molar-refractivity contribution in [1.82, 2.24) is 0 Å². The first kappa shape index (κ1) is 11.3. The van der Waals surface area contributed by atoms with Crippen LogP contribution >= 0.6 is 11.8 Å². The van der Waals surface area contributed by atoms with Gasteiger partial charge < -0.3 is 9.84 Å². The first-order chi connectivity index (χ1) is 7.65. The second-order valence-corrected chi connectivity index (χ2v) is 4.74. The minimum atomic E-state index is -0.726. The first-order valence-corrected chi connectivity index (χ1v) is 6.33. The van der Waals surface area contributed by atoms with Crippen molar-refractivity contribution in [2.75, 3.05) is 13.4 Å². The van der Waals surface area contributed by atoms with E-state index in [1.165, 1.54) is 0 Å². The third-order valence-electron chi connectivity index (χ3n) is 3.08. The van der Waals surface area contributed by atoms with E-state index in [2.05, 4.69) is 0 Å². The molecule has 86 valence electrons. The van der Waals surface area contributed by atoms with Gasteiger partial charge in [0.1, 0.15) is 5.75 Å². The van der Waals surface area contributed by atoms with E-state index < -0.39 is 11.4 Å². The van der Waals surface area contributed by atoms with Crippen LogP contribution in [0.3, 0.4) is 0 Å². The van der Waals surface area contributed by atoms with Gasteiger partial charge in [0.15, 0.2) is 0 Å². The van der Waals surface area contributed by atoms with Gasteiger partial charge in [-0.25, -0.2) is 0 Å². The zero-order valence-electron chi connectivity index (χ0n) is 9.32. The number of carboxylic acids is 1. The summed E-state index contributed by atoms with van der Waals surface area (Å²) in [7, 11) is 1.61. The van der Waals surface area contributed by atoms with Gasteiger partial charge in [-0.2, -0.15) is 0 Å². The van der Waals surface area contributed by atoms with Crippen LogP contribution in [0, 0.1) is 0 Å². The van der Waals surface area contributed by atoms with E-state index in [9.17, 15) is 9.90 Å². The summed E-state index contributed by atoms with van der Waals surface area (Å²) in [5.41, 5.74) is 0.235. The van der Waals surface area contributed by atoms with E-state index in [0.717, 1.165) is 29.1 Å². The van der Waals surface area contributed by atoms with Gasteiger partial charge >= 0.3 is 5.97 Å². The van der Waals surface area contributed by atoms with Crippen molar-refractivity contribution in [1.29, 1.82) is 0 Å². The Balaban J connectivity index is 2.53. The second-order valence-electron chi connectivity index (χ2n) is 3.93. The standard InChI is InChI=1S/C12H14O3S/c1-15-9-5-3-4-8(10(9)16-2)12(6-7-12)11(13)14/h3-5H,6-7H2,1-2H3,(H,13,14). The Hall–Kier alpha value is -1.16. The normalized spacial score (nSPS) is 16.9. The molecule has 0 aliphatic heterocycles. The monoisotopic (exact) mass is 238 g/mol.